The van der Waals surface area contributed by atoms with Crippen molar-refractivity contribution in [2.45, 2.75) is 71.6 Å². The standard InChI is InChI=1S/C27H32F3N5O3.C2H6.C2H4/c1-4-35-18(2)21-9-10-22(37-3)24(33-21)19-16-23(25-31-13-14-34(25)17-19)38-15-7-5-6-8-20(32-26(35)36)11-12-27(28,29)30;2*1-2/h5-6,9-10,13-14,16-18,20H,4,7-8,11-12,15H2,1-3H3,(H,32,36);1-2H3;1-2H2/b6-5+;;. The number of carbonyl (C=O) groups is 1. The lowest BCUT2D eigenvalue weighted by molar-refractivity contribution is -0.136. The number of pyridine rings is 2. The van der Waals surface area contributed by atoms with Crippen molar-refractivity contribution in [2.24, 2.45) is 0 Å². The molecule has 2 unspecified atom stereocenters. The maximum atomic E-state index is 13.2. The van der Waals surface area contributed by atoms with Crippen molar-refractivity contribution in [3.63, 3.8) is 0 Å². The number of methoxy groups -OCH3 is 1. The zero-order chi connectivity index (χ0) is 31.3. The van der Waals surface area contributed by atoms with E-state index in [1.807, 2.05) is 56.6 Å². The van der Waals surface area contributed by atoms with Gasteiger partial charge in [-0.1, -0.05) is 26.0 Å². The fourth-order valence-electron chi connectivity index (χ4n) is 4.51. The van der Waals surface area contributed by atoms with E-state index in [2.05, 4.69) is 23.5 Å². The van der Waals surface area contributed by atoms with Crippen LogP contribution in [0.15, 0.2) is 62.1 Å². The second-order valence-electron chi connectivity index (χ2n) is 9.14. The van der Waals surface area contributed by atoms with Gasteiger partial charge >= 0.3 is 12.2 Å². The molecule has 11 heteroatoms. The number of rotatable bonds is 4. The third kappa shape index (κ3) is 8.99. The number of nitrogens with one attached hydrogen (secondary N) is 1. The lowest BCUT2D eigenvalue weighted by Crippen LogP contribution is -2.46. The molecule has 3 aromatic heterocycles. The van der Waals surface area contributed by atoms with Crippen molar-refractivity contribution in [3.8, 4) is 22.8 Å². The van der Waals surface area contributed by atoms with E-state index in [-0.39, 0.29) is 12.8 Å². The molecule has 2 atom stereocenters. The second kappa shape index (κ2) is 16.4. The highest BCUT2D eigenvalue weighted by molar-refractivity contribution is 5.75. The van der Waals surface area contributed by atoms with Gasteiger partial charge in [-0.05, 0) is 51.3 Å². The number of carbonyl (C=O) groups excluding carboxylic acids is 1. The Morgan fingerprint density at radius 2 is 1.95 bits per heavy atom. The Morgan fingerprint density at radius 1 is 1.21 bits per heavy atom. The predicted octanol–water partition coefficient (Wildman–Crippen LogP) is 7.77. The highest BCUT2D eigenvalue weighted by Gasteiger charge is 2.30. The molecule has 8 nitrogen and oxygen atoms in total. The lowest BCUT2D eigenvalue weighted by Gasteiger charge is -2.30. The molecular formula is C31H42F3N5O3. The molecule has 0 saturated carbocycles. The molecule has 0 spiro atoms. The van der Waals surface area contributed by atoms with Crippen LogP contribution in [0.4, 0.5) is 18.0 Å². The smallest absolute Gasteiger partial charge is 0.389 e. The summed E-state index contributed by atoms with van der Waals surface area (Å²) in [5.74, 6) is 1.12. The largest absolute Gasteiger partial charge is 0.494 e. The Balaban J connectivity index is 0.00000148. The van der Waals surface area contributed by atoms with E-state index >= 15 is 0 Å². The van der Waals surface area contributed by atoms with Gasteiger partial charge in [0.2, 0.25) is 0 Å². The normalized spacial score (nSPS) is 18.3. The molecule has 0 fully saturated rings. The molecule has 4 rings (SSSR count). The summed E-state index contributed by atoms with van der Waals surface area (Å²) in [5.41, 5.74) is 2.58. The van der Waals surface area contributed by atoms with Crippen LogP contribution in [0, 0.1) is 0 Å². The van der Waals surface area contributed by atoms with Crippen molar-refractivity contribution in [3.05, 3.63) is 67.8 Å². The number of imidazole rings is 1. The van der Waals surface area contributed by atoms with E-state index in [1.54, 1.807) is 36.4 Å². The number of amides is 2. The van der Waals surface area contributed by atoms with E-state index < -0.39 is 30.7 Å². The molecule has 4 bridgehead atoms. The number of nitrogens with zero attached hydrogens (tertiary/aromatic N) is 4. The maximum Gasteiger partial charge on any atom is 0.389 e. The molecule has 3 aromatic rings. The number of fused-ring (bicyclic) bond motifs is 7. The minimum atomic E-state index is -4.30. The zero-order valence-electron chi connectivity index (χ0n) is 25.1. The minimum Gasteiger partial charge on any atom is -0.494 e. The highest BCUT2D eigenvalue weighted by Crippen LogP contribution is 2.34. The Morgan fingerprint density at radius 3 is 2.62 bits per heavy atom. The lowest BCUT2D eigenvalue weighted by atomic mass is 10.1. The first-order chi connectivity index (χ1) is 20.2. The molecule has 0 radical (unpaired) electrons. The highest BCUT2D eigenvalue weighted by atomic mass is 19.4. The number of ether oxygens (including phenoxy) is 2. The van der Waals surface area contributed by atoms with Crippen LogP contribution in [0.2, 0.25) is 0 Å². The minimum absolute atomic E-state index is 0.212. The van der Waals surface area contributed by atoms with Crippen molar-refractivity contribution < 1.29 is 27.4 Å². The van der Waals surface area contributed by atoms with Crippen molar-refractivity contribution in [1.82, 2.24) is 24.6 Å². The van der Waals surface area contributed by atoms with Gasteiger partial charge in [0, 0.05) is 43.2 Å². The topological polar surface area (TPSA) is 81.0 Å². The first-order valence-corrected chi connectivity index (χ1v) is 14.1. The van der Waals surface area contributed by atoms with Crippen LogP contribution in [-0.2, 0) is 0 Å². The average molecular weight is 590 g/mol. The summed E-state index contributed by atoms with van der Waals surface area (Å²) in [7, 11) is 1.56. The molecule has 230 valence electrons. The fraction of sp³-hybridized carbons (Fsp3) is 0.452. The van der Waals surface area contributed by atoms with Gasteiger partial charge in [-0.15, -0.1) is 13.2 Å². The van der Waals surface area contributed by atoms with Crippen molar-refractivity contribution in [1.29, 1.82) is 0 Å². The van der Waals surface area contributed by atoms with Crippen LogP contribution >= 0.6 is 0 Å². The molecule has 0 saturated heterocycles. The van der Waals surface area contributed by atoms with E-state index in [0.717, 1.165) is 5.56 Å². The van der Waals surface area contributed by atoms with Crippen LogP contribution in [-0.4, -0.2) is 57.8 Å². The monoisotopic (exact) mass is 589 g/mol. The van der Waals surface area contributed by atoms with Crippen LogP contribution in [0.25, 0.3) is 16.9 Å². The van der Waals surface area contributed by atoms with E-state index in [0.29, 0.717) is 48.1 Å². The molecule has 1 N–H and O–H groups in total. The summed E-state index contributed by atoms with van der Waals surface area (Å²) in [5, 5.41) is 2.81. The van der Waals surface area contributed by atoms with Crippen LogP contribution in [0.5, 0.6) is 11.5 Å². The molecule has 42 heavy (non-hydrogen) atoms. The fourth-order valence-corrected chi connectivity index (χ4v) is 4.51. The molecule has 0 aromatic carbocycles. The second-order valence-corrected chi connectivity index (χ2v) is 9.14. The Labute approximate surface area is 246 Å². The Hall–Kier alpha value is -4.02. The van der Waals surface area contributed by atoms with Gasteiger partial charge in [0.15, 0.2) is 11.4 Å². The van der Waals surface area contributed by atoms with Crippen molar-refractivity contribution >= 4 is 11.7 Å². The zero-order valence-corrected chi connectivity index (χ0v) is 25.1. The maximum absolute atomic E-state index is 13.2. The predicted molar refractivity (Wildman–Crippen MR) is 160 cm³/mol. The van der Waals surface area contributed by atoms with E-state index in [1.165, 1.54) is 0 Å². The summed E-state index contributed by atoms with van der Waals surface area (Å²) in [6.45, 7) is 14.3. The van der Waals surface area contributed by atoms with Crippen LogP contribution < -0.4 is 14.8 Å². The number of urea groups is 1. The van der Waals surface area contributed by atoms with Gasteiger partial charge in [0.25, 0.3) is 0 Å². The number of hydrogen-bond acceptors (Lipinski definition) is 5. The Bertz CT molecular complexity index is 1310. The SMILES string of the molecule is C=C.CC.CCN1C(=O)NC(CCC(F)(F)F)C/C=C/CCOc2cc(cn3ccnc23)-c2nc(ccc2OC)C1C. The van der Waals surface area contributed by atoms with Crippen LogP contribution in [0.3, 0.4) is 0 Å². The molecule has 1 aliphatic rings. The van der Waals surface area contributed by atoms with E-state index in [9.17, 15) is 18.0 Å². The Kier molecular flexibility index (Phi) is 13.4. The third-order valence-corrected chi connectivity index (χ3v) is 6.56. The number of hydrogen-bond donors (Lipinski definition) is 1. The first kappa shape index (κ1) is 34.2. The average Bonchev–Trinajstić information content (AvgIpc) is 3.47. The van der Waals surface area contributed by atoms with Gasteiger partial charge in [0.1, 0.15) is 11.4 Å². The number of halogens is 3. The number of alkyl halides is 3. The molecule has 1 aliphatic heterocycles. The molecular weight excluding hydrogens is 547 g/mol. The summed E-state index contributed by atoms with van der Waals surface area (Å²) < 4.78 is 52.4. The first-order valence-electron chi connectivity index (χ1n) is 14.1. The molecule has 2 amide bonds. The summed E-state index contributed by atoms with van der Waals surface area (Å²) in [4.78, 5) is 24.1. The number of aromatic nitrogens is 3. The van der Waals surface area contributed by atoms with Gasteiger partial charge in [-0.3, -0.25) is 0 Å². The molecule has 0 aliphatic carbocycles. The van der Waals surface area contributed by atoms with Gasteiger partial charge in [0.05, 0.1) is 25.5 Å². The van der Waals surface area contributed by atoms with Crippen LogP contribution in [0.1, 0.15) is 65.1 Å². The summed E-state index contributed by atoms with van der Waals surface area (Å²) in [6.07, 6.45) is 4.35. The van der Waals surface area contributed by atoms with E-state index in [4.69, 9.17) is 14.5 Å². The molecule has 4 heterocycles. The summed E-state index contributed by atoms with van der Waals surface area (Å²) >= 11 is 0. The van der Waals surface area contributed by atoms with Gasteiger partial charge < -0.3 is 24.1 Å². The summed E-state index contributed by atoms with van der Waals surface area (Å²) in [6, 6.07) is 3.89. The van der Waals surface area contributed by atoms with Gasteiger partial charge in [-0.25, -0.2) is 14.8 Å². The quantitative estimate of drug-likeness (QED) is 0.315. The van der Waals surface area contributed by atoms with Gasteiger partial charge in [-0.2, -0.15) is 13.2 Å². The third-order valence-electron chi connectivity index (χ3n) is 6.56. The van der Waals surface area contributed by atoms with Crippen molar-refractivity contribution in [2.75, 3.05) is 20.3 Å².